The Bertz CT molecular complexity index is 848. The first-order chi connectivity index (χ1) is 12.4. The molecule has 6 heteroatoms. The lowest BCUT2D eigenvalue weighted by Crippen LogP contribution is -2.49. The van der Waals surface area contributed by atoms with E-state index in [0.717, 1.165) is 11.1 Å². The largest absolute Gasteiger partial charge is 0.461 e. The molecule has 1 fully saturated rings. The predicted molar refractivity (Wildman–Crippen MR) is 97.8 cm³/mol. The highest BCUT2D eigenvalue weighted by Crippen LogP contribution is 2.36. The molecule has 1 aliphatic rings. The van der Waals surface area contributed by atoms with Gasteiger partial charge in [0.25, 0.3) is 0 Å². The second kappa shape index (κ2) is 7.60. The Morgan fingerprint density at radius 2 is 1.62 bits per heavy atom. The number of benzene rings is 2. The third-order valence-corrected chi connectivity index (χ3v) is 7.00. The lowest BCUT2D eigenvalue weighted by Gasteiger charge is -2.35. The van der Waals surface area contributed by atoms with E-state index in [1.807, 2.05) is 36.4 Å². The normalized spacial score (nSPS) is 24.7. The van der Waals surface area contributed by atoms with Gasteiger partial charge in [-0.3, -0.25) is 4.79 Å². The molecule has 1 aliphatic heterocycles. The van der Waals surface area contributed by atoms with E-state index in [1.54, 1.807) is 24.3 Å². The minimum Gasteiger partial charge on any atom is -0.461 e. The van der Waals surface area contributed by atoms with Crippen LogP contribution in [-0.2, 0) is 32.4 Å². The monoisotopic (exact) mass is 374 g/mol. The standard InChI is InChI=1S/C20H22O5S/c21-19(25-15-17-9-5-2-6-10-17)18-11-12-26(23,24)20(22,14-18)13-16-7-3-1-4-8-16/h1-10,18,22H,11-15H2. The van der Waals surface area contributed by atoms with Crippen LogP contribution in [0, 0.1) is 5.92 Å². The van der Waals surface area contributed by atoms with Gasteiger partial charge >= 0.3 is 5.97 Å². The van der Waals surface area contributed by atoms with E-state index in [9.17, 15) is 18.3 Å². The molecular weight excluding hydrogens is 352 g/mol. The molecule has 1 N–H and O–H groups in total. The first-order valence-electron chi connectivity index (χ1n) is 8.59. The van der Waals surface area contributed by atoms with Gasteiger partial charge < -0.3 is 9.84 Å². The van der Waals surface area contributed by atoms with Crippen molar-refractivity contribution in [1.82, 2.24) is 0 Å². The smallest absolute Gasteiger partial charge is 0.309 e. The Hall–Kier alpha value is -2.18. The van der Waals surface area contributed by atoms with Crippen LogP contribution in [0.25, 0.3) is 0 Å². The number of esters is 1. The topological polar surface area (TPSA) is 80.7 Å². The van der Waals surface area contributed by atoms with Gasteiger partial charge in [0.15, 0.2) is 14.8 Å². The van der Waals surface area contributed by atoms with Gasteiger partial charge in [-0.2, -0.15) is 0 Å². The van der Waals surface area contributed by atoms with Gasteiger partial charge in [0.2, 0.25) is 0 Å². The first kappa shape index (κ1) is 18.6. The highest BCUT2D eigenvalue weighted by molar-refractivity contribution is 7.92. The molecule has 5 nitrogen and oxygen atoms in total. The van der Waals surface area contributed by atoms with Gasteiger partial charge in [0.1, 0.15) is 6.61 Å². The number of aliphatic hydroxyl groups is 1. The van der Waals surface area contributed by atoms with Crippen LogP contribution in [0.4, 0.5) is 0 Å². The number of carbonyl (C=O) groups is 1. The van der Waals surface area contributed by atoms with Gasteiger partial charge in [0, 0.05) is 12.8 Å². The SMILES string of the molecule is O=C(OCc1ccccc1)C1CCS(=O)(=O)C(O)(Cc2ccccc2)C1. The number of sulfone groups is 1. The number of rotatable bonds is 5. The maximum atomic E-state index is 12.5. The molecule has 2 atom stereocenters. The summed E-state index contributed by atoms with van der Waals surface area (Å²) < 4.78 is 30.2. The van der Waals surface area contributed by atoms with Crippen LogP contribution >= 0.6 is 0 Å². The minimum absolute atomic E-state index is 0.0291. The van der Waals surface area contributed by atoms with E-state index < -0.39 is 26.7 Å². The zero-order chi connectivity index (χ0) is 18.6. The molecule has 138 valence electrons. The van der Waals surface area contributed by atoms with Gasteiger partial charge in [0.05, 0.1) is 11.7 Å². The molecule has 2 aromatic rings. The van der Waals surface area contributed by atoms with E-state index in [0.29, 0.717) is 0 Å². The number of ether oxygens (including phenoxy) is 1. The Kier molecular flexibility index (Phi) is 5.44. The van der Waals surface area contributed by atoms with Crippen LogP contribution in [0.5, 0.6) is 0 Å². The van der Waals surface area contributed by atoms with Crippen molar-refractivity contribution >= 4 is 15.8 Å². The molecule has 0 aliphatic carbocycles. The van der Waals surface area contributed by atoms with Crippen LogP contribution in [0.3, 0.4) is 0 Å². The molecule has 2 unspecified atom stereocenters. The second-order valence-corrected chi connectivity index (χ2v) is 9.11. The van der Waals surface area contributed by atoms with E-state index in [2.05, 4.69) is 0 Å². The molecule has 0 radical (unpaired) electrons. The number of carbonyl (C=O) groups excluding carboxylic acids is 1. The van der Waals surface area contributed by atoms with Crippen molar-refractivity contribution < 1.29 is 23.1 Å². The highest BCUT2D eigenvalue weighted by Gasteiger charge is 2.49. The molecule has 3 rings (SSSR count). The molecule has 0 aromatic heterocycles. The van der Waals surface area contributed by atoms with Crippen molar-refractivity contribution in [2.24, 2.45) is 5.92 Å². The van der Waals surface area contributed by atoms with E-state index in [1.165, 1.54) is 0 Å². The third-order valence-electron chi connectivity index (χ3n) is 4.76. The van der Waals surface area contributed by atoms with Crippen molar-refractivity contribution in [2.75, 3.05) is 5.75 Å². The Balaban J connectivity index is 1.69. The van der Waals surface area contributed by atoms with E-state index >= 15 is 0 Å². The predicted octanol–water partition coefficient (Wildman–Crippen LogP) is 2.49. The van der Waals surface area contributed by atoms with Crippen molar-refractivity contribution in [1.29, 1.82) is 0 Å². The Labute approximate surface area is 153 Å². The number of hydrogen-bond donors (Lipinski definition) is 1. The van der Waals surface area contributed by atoms with Crippen molar-refractivity contribution in [3.8, 4) is 0 Å². The zero-order valence-electron chi connectivity index (χ0n) is 14.4. The summed E-state index contributed by atoms with van der Waals surface area (Å²) >= 11 is 0. The quantitative estimate of drug-likeness (QED) is 0.814. The average molecular weight is 374 g/mol. The van der Waals surface area contributed by atoms with Crippen molar-refractivity contribution in [3.63, 3.8) is 0 Å². The van der Waals surface area contributed by atoms with Crippen LogP contribution < -0.4 is 0 Å². The van der Waals surface area contributed by atoms with Crippen LogP contribution in [0.1, 0.15) is 24.0 Å². The van der Waals surface area contributed by atoms with Gasteiger partial charge in [-0.1, -0.05) is 60.7 Å². The fraction of sp³-hybridized carbons (Fsp3) is 0.350. The second-order valence-electron chi connectivity index (χ2n) is 6.71. The molecule has 0 amide bonds. The van der Waals surface area contributed by atoms with Crippen LogP contribution in [0.15, 0.2) is 60.7 Å². The molecule has 2 aromatic carbocycles. The molecule has 1 heterocycles. The van der Waals surface area contributed by atoms with Crippen molar-refractivity contribution in [3.05, 3.63) is 71.8 Å². The summed E-state index contributed by atoms with van der Waals surface area (Å²) in [6.45, 7) is 0.139. The minimum atomic E-state index is -3.71. The summed E-state index contributed by atoms with van der Waals surface area (Å²) in [4.78, 5) is 10.5. The Morgan fingerprint density at radius 3 is 2.23 bits per heavy atom. The van der Waals surface area contributed by atoms with Crippen LogP contribution in [-0.4, -0.2) is 30.2 Å². The fourth-order valence-electron chi connectivity index (χ4n) is 3.25. The molecular formula is C20H22O5S. The summed E-state index contributed by atoms with van der Waals surface area (Å²) in [5.74, 6) is -1.31. The summed E-state index contributed by atoms with van der Waals surface area (Å²) in [7, 11) is -3.71. The molecule has 0 spiro atoms. The number of hydrogen-bond acceptors (Lipinski definition) is 5. The van der Waals surface area contributed by atoms with Gasteiger partial charge in [-0.05, 0) is 17.5 Å². The molecule has 0 saturated carbocycles. The summed E-state index contributed by atoms with van der Waals surface area (Å²) in [6, 6.07) is 18.2. The first-order valence-corrected chi connectivity index (χ1v) is 10.2. The summed E-state index contributed by atoms with van der Waals surface area (Å²) in [6.07, 6.45) is 0.00352. The molecule has 1 saturated heterocycles. The molecule has 0 bridgehead atoms. The van der Waals surface area contributed by atoms with Gasteiger partial charge in [-0.25, -0.2) is 8.42 Å². The molecule has 26 heavy (non-hydrogen) atoms. The maximum Gasteiger partial charge on any atom is 0.309 e. The summed E-state index contributed by atoms with van der Waals surface area (Å²) in [5, 5.41) is 10.9. The van der Waals surface area contributed by atoms with Crippen molar-refractivity contribution in [2.45, 2.75) is 30.8 Å². The average Bonchev–Trinajstić information content (AvgIpc) is 2.64. The Morgan fingerprint density at radius 1 is 1.04 bits per heavy atom. The lowest BCUT2D eigenvalue weighted by atomic mass is 9.94. The van der Waals surface area contributed by atoms with E-state index in [4.69, 9.17) is 4.74 Å². The van der Waals surface area contributed by atoms with Crippen LogP contribution in [0.2, 0.25) is 0 Å². The zero-order valence-corrected chi connectivity index (χ0v) is 15.2. The van der Waals surface area contributed by atoms with E-state index in [-0.39, 0.29) is 31.6 Å². The lowest BCUT2D eigenvalue weighted by molar-refractivity contribution is -0.151. The third kappa shape index (κ3) is 4.14. The van der Waals surface area contributed by atoms with Gasteiger partial charge in [-0.15, -0.1) is 0 Å². The summed E-state index contributed by atoms with van der Waals surface area (Å²) in [5.41, 5.74) is 1.58. The maximum absolute atomic E-state index is 12.5. The highest BCUT2D eigenvalue weighted by atomic mass is 32.2. The fourth-order valence-corrected chi connectivity index (χ4v) is 5.06.